The molecular formula is C12H19NO3S. The molecule has 4 nitrogen and oxygen atoms in total. The fourth-order valence-corrected chi connectivity index (χ4v) is 2.86. The number of hydrogen-bond donors (Lipinski definition) is 1. The van der Waals surface area contributed by atoms with Gasteiger partial charge in [-0.15, -0.1) is 0 Å². The number of hydrogen-bond acceptors (Lipinski definition) is 3. The molecule has 0 aliphatic carbocycles. The molecule has 5 heteroatoms. The van der Waals surface area contributed by atoms with E-state index in [1.165, 1.54) is 0 Å². The molecule has 0 saturated carbocycles. The first-order valence-corrected chi connectivity index (χ1v) is 7.14. The summed E-state index contributed by atoms with van der Waals surface area (Å²) < 4.78 is 31.6. The maximum atomic E-state index is 12.0. The number of methoxy groups -OCH3 is 1. The van der Waals surface area contributed by atoms with Gasteiger partial charge in [0.15, 0.2) is 0 Å². The Hall–Kier alpha value is -1.07. The predicted octanol–water partition coefficient (Wildman–Crippen LogP) is 2.16. The van der Waals surface area contributed by atoms with E-state index < -0.39 is 10.0 Å². The first-order chi connectivity index (χ1) is 7.99. The molecule has 0 heterocycles. The van der Waals surface area contributed by atoms with E-state index >= 15 is 0 Å². The highest BCUT2D eigenvalue weighted by atomic mass is 32.2. The molecular weight excluding hydrogens is 238 g/mol. The molecule has 0 unspecified atom stereocenters. The van der Waals surface area contributed by atoms with Crippen LogP contribution in [0.15, 0.2) is 29.2 Å². The Balaban J connectivity index is 2.82. The maximum Gasteiger partial charge on any atom is 0.240 e. The number of benzene rings is 1. The molecule has 96 valence electrons. The van der Waals surface area contributed by atoms with Gasteiger partial charge in [-0.25, -0.2) is 13.1 Å². The van der Waals surface area contributed by atoms with Crippen molar-refractivity contribution in [2.75, 3.05) is 7.11 Å². The first-order valence-electron chi connectivity index (χ1n) is 5.66. The van der Waals surface area contributed by atoms with Gasteiger partial charge in [-0.1, -0.05) is 13.3 Å². The molecule has 0 aromatic heterocycles. The molecule has 1 atom stereocenters. The van der Waals surface area contributed by atoms with Gasteiger partial charge < -0.3 is 4.74 Å². The van der Waals surface area contributed by atoms with Crippen molar-refractivity contribution in [2.24, 2.45) is 0 Å². The lowest BCUT2D eigenvalue weighted by Crippen LogP contribution is -2.32. The van der Waals surface area contributed by atoms with E-state index in [-0.39, 0.29) is 10.9 Å². The molecule has 1 aromatic carbocycles. The monoisotopic (exact) mass is 257 g/mol. The molecule has 0 amide bonds. The average Bonchev–Trinajstić information content (AvgIpc) is 2.28. The van der Waals surface area contributed by atoms with Gasteiger partial charge in [-0.3, -0.25) is 0 Å². The van der Waals surface area contributed by atoms with Gasteiger partial charge in [0, 0.05) is 6.04 Å². The second kappa shape index (κ2) is 6.02. The van der Waals surface area contributed by atoms with E-state index in [4.69, 9.17) is 4.74 Å². The zero-order valence-electron chi connectivity index (χ0n) is 10.4. The molecule has 0 aliphatic rings. The van der Waals surface area contributed by atoms with Crippen LogP contribution in [0.4, 0.5) is 0 Å². The summed E-state index contributed by atoms with van der Waals surface area (Å²) in [6.07, 6.45) is 1.78. The smallest absolute Gasteiger partial charge is 0.240 e. The zero-order valence-corrected chi connectivity index (χ0v) is 11.3. The Bertz CT molecular complexity index is 439. The minimum absolute atomic E-state index is 0.0490. The maximum absolute atomic E-state index is 12.0. The lowest BCUT2D eigenvalue weighted by Gasteiger charge is -2.13. The highest BCUT2D eigenvalue weighted by molar-refractivity contribution is 7.89. The fourth-order valence-electron chi connectivity index (χ4n) is 1.58. The van der Waals surface area contributed by atoms with E-state index in [2.05, 4.69) is 4.72 Å². The van der Waals surface area contributed by atoms with Crippen molar-refractivity contribution in [1.82, 2.24) is 4.72 Å². The lowest BCUT2D eigenvalue weighted by atomic mass is 10.2. The first kappa shape index (κ1) is 14.0. The molecule has 1 aromatic rings. The lowest BCUT2D eigenvalue weighted by molar-refractivity contribution is 0.414. The highest BCUT2D eigenvalue weighted by Gasteiger charge is 2.16. The number of ether oxygens (including phenoxy) is 1. The summed E-state index contributed by atoms with van der Waals surface area (Å²) in [6, 6.07) is 6.31. The second-order valence-corrected chi connectivity index (χ2v) is 5.70. The van der Waals surface area contributed by atoms with Crippen LogP contribution in [0.5, 0.6) is 5.75 Å². The largest absolute Gasteiger partial charge is 0.497 e. The number of rotatable bonds is 6. The minimum atomic E-state index is -3.41. The Morgan fingerprint density at radius 2 is 1.88 bits per heavy atom. The molecule has 1 rings (SSSR count). The van der Waals surface area contributed by atoms with Crippen LogP contribution in [0, 0.1) is 0 Å². The summed E-state index contributed by atoms with van der Waals surface area (Å²) in [5, 5.41) is 0. The Morgan fingerprint density at radius 1 is 1.29 bits per heavy atom. The van der Waals surface area contributed by atoms with E-state index in [0.29, 0.717) is 5.75 Å². The molecule has 0 bridgehead atoms. The fraction of sp³-hybridized carbons (Fsp3) is 0.500. The third-order valence-electron chi connectivity index (χ3n) is 2.45. The van der Waals surface area contributed by atoms with E-state index in [0.717, 1.165) is 12.8 Å². The van der Waals surface area contributed by atoms with Gasteiger partial charge in [-0.05, 0) is 37.6 Å². The van der Waals surface area contributed by atoms with Crippen LogP contribution >= 0.6 is 0 Å². The van der Waals surface area contributed by atoms with Crippen molar-refractivity contribution in [2.45, 2.75) is 37.6 Å². The van der Waals surface area contributed by atoms with E-state index in [1.54, 1.807) is 31.4 Å². The van der Waals surface area contributed by atoms with Gasteiger partial charge >= 0.3 is 0 Å². The van der Waals surface area contributed by atoms with Crippen LogP contribution in [-0.4, -0.2) is 21.6 Å². The topological polar surface area (TPSA) is 55.4 Å². The molecule has 0 radical (unpaired) electrons. The number of sulfonamides is 1. The van der Waals surface area contributed by atoms with Gasteiger partial charge in [0.25, 0.3) is 0 Å². The summed E-state index contributed by atoms with van der Waals surface area (Å²) >= 11 is 0. The van der Waals surface area contributed by atoms with Crippen LogP contribution in [0.25, 0.3) is 0 Å². The van der Waals surface area contributed by atoms with Crippen LogP contribution in [-0.2, 0) is 10.0 Å². The van der Waals surface area contributed by atoms with Crippen LogP contribution in [0.3, 0.4) is 0 Å². The molecule has 0 spiro atoms. The van der Waals surface area contributed by atoms with Crippen LogP contribution in [0.1, 0.15) is 26.7 Å². The quantitative estimate of drug-likeness (QED) is 0.849. The van der Waals surface area contributed by atoms with Gasteiger partial charge in [0.1, 0.15) is 5.75 Å². The van der Waals surface area contributed by atoms with Crippen molar-refractivity contribution >= 4 is 10.0 Å². The van der Waals surface area contributed by atoms with E-state index in [9.17, 15) is 8.42 Å². The molecule has 0 fully saturated rings. The SMILES string of the molecule is CCC[C@@H](C)NS(=O)(=O)c1ccc(OC)cc1. The highest BCUT2D eigenvalue weighted by Crippen LogP contribution is 2.15. The average molecular weight is 257 g/mol. The van der Waals surface area contributed by atoms with Crippen molar-refractivity contribution in [1.29, 1.82) is 0 Å². The molecule has 0 saturated heterocycles. The summed E-state index contributed by atoms with van der Waals surface area (Å²) in [5.74, 6) is 0.644. The predicted molar refractivity (Wildman–Crippen MR) is 67.7 cm³/mol. The standard InChI is InChI=1S/C12H19NO3S/c1-4-5-10(2)13-17(14,15)12-8-6-11(16-3)7-9-12/h6-10,13H,4-5H2,1-3H3/t10-/m1/s1. The third kappa shape index (κ3) is 4.02. The zero-order chi connectivity index (χ0) is 12.9. The molecule has 17 heavy (non-hydrogen) atoms. The van der Waals surface area contributed by atoms with Gasteiger partial charge in [0.05, 0.1) is 12.0 Å². The van der Waals surface area contributed by atoms with E-state index in [1.807, 2.05) is 13.8 Å². The molecule has 1 N–H and O–H groups in total. The minimum Gasteiger partial charge on any atom is -0.497 e. The van der Waals surface area contributed by atoms with Gasteiger partial charge in [0.2, 0.25) is 10.0 Å². The molecule has 0 aliphatic heterocycles. The Labute approximate surface area is 103 Å². The normalized spacial score (nSPS) is 13.4. The van der Waals surface area contributed by atoms with Crippen molar-refractivity contribution in [3.63, 3.8) is 0 Å². The van der Waals surface area contributed by atoms with Crippen LogP contribution in [0.2, 0.25) is 0 Å². The summed E-state index contributed by atoms with van der Waals surface area (Å²) in [7, 11) is -1.87. The number of nitrogens with one attached hydrogen (secondary N) is 1. The Kier molecular flexibility index (Phi) is 4.96. The summed E-state index contributed by atoms with van der Waals surface area (Å²) in [6.45, 7) is 3.89. The summed E-state index contributed by atoms with van der Waals surface area (Å²) in [5.41, 5.74) is 0. The van der Waals surface area contributed by atoms with Crippen molar-refractivity contribution < 1.29 is 13.2 Å². The summed E-state index contributed by atoms with van der Waals surface area (Å²) in [4.78, 5) is 0.265. The van der Waals surface area contributed by atoms with Gasteiger partial charge in [-0.2, -0.15) is 0 Å². The van der Waals surface area contributed by atoms with Crippen LogP contribution < -0.4 is 9.46 Å². The van der Waals surface area contributed by atoms with Crippen molar-refractivity contribution in [3.05, 3.63) is 24.3 Å². The Morgan fingerprint density at radius 3 is 2.35 bits per heavy atom. The van der Waals surface area contributed by atoms with Crippen molar-refractivity contribution in [3.8, 4) is 5.75 Å². The second-order valence-electron chi connectivity index (χ2n) is 3.99. The third-order valence-corrected chi connectivity index (χ3v) is 4.05.